The third-order valence-electron chi connectivity index (χ3n) is 4.88. The van der Waals surface area contributed by atoms with E-state index >= 15 is 0 Å². The second-order valence-corrected chi connectivity index (χ2v) is 8.00. The summed E-state index contributed by atoms with van der Waals surface area (Å²) in [6.45, 7) is 1.98. The molecule has 1 atom stereocenters. The summed E-state index contributed by atoms with van der Waals surface area (Å²) in [6.07, 6.45) is 1.39. The molecule has 0 bridgehead atoms. The SMILES string of the molecule is C[C@@H](NC(=O)COc1ccc(/C=N\NC(=O)C(=O)NCc2ccc(Cl)cc2)cc1)c1ccccc1. The molecule has 0 spiro atoms. The highest BCUT2D eigenvalue weighted by Crippen LogP contribution is 2.13. The van der Waals surface area contributed by atoms with Crippen LogP contribution in [0.2, 0.25) is 5.02 Å². The van der Waals surface area contributed by atoms with Crippen LogP contribution in [0, 0.1) is 0 Å². The summed E-state index contributed by atoms with van der Waals surface area (Å²) in [5, 5.41) is 9.76. The van der Waals surface area contributed by atoms with E-state index < -0.39 is 11.8 Å². The number of amides is 3. The molecule has 3 aromatic rings. The Bertz CT molecular complexity index is 1170. The zero-order chi connectivity index (χ0) is 25.0. The van der Waals surface area contributed by atoms with Crippen LogP contribution >= 0.6 is 11.6 Å². The van der Waals surface area contributed by atoms with Crippen molar-refractivity contribution in [3.63, 3.8) is 0 Å². The maximum atomic E-state index is 12.1. The molecule has 180 valence electrons. The number of benzene rings is 3. The number of hydrogen-bond acceptors (Lipinski definition) is 5. The summed E-state index contributed by atoms with van der Waals surface area (Å²) in [5.74, 6) is -1.41. The fourth-order valence-corrected chi connectivity index (χ4v) is 3.11. The number of carbonyl (C=O) groups excluding carboxylic acids is 3. The van der Waals surface area contributed by atoms with Crippen LogP contribution in [-0.2, 0) is 20.9 Å². The average Bonchev–Trinajstić information content (AvgIpc) is 2.88. The molecule has 0 fully saturated rings. The smallest absolute Gasteiger partial charge is 0.329 e. The first-order chi connectivity index (χ1) is 16.9. The number of ether oxygens (including phenoxy) is 1. The third kappa shape index (κ3) is 8.60. The quantitative estimate of drug-likeness (QED) is 0.242. The van der Waals surface area contributed by atoms with Gasteiger partial charge in [0.15, 0.2) is 6.61 Å². The average molecular weight is 493 g/mol. The molecular weight excluding hydrogens is 468 g/mol. The molecule has 0 aliphatic carbocycles. The Morgan fingerprint density at radius 2 is 1.63 bits per heavy atom. The van der Waals surface area contributed by atoms with Crippen molar-refractivity contribution in [1.82, 2.24) is 16.1 Å². The molecule has 0 saturated heterocycles. The minimum absolute atomic E-state index is 0.119. The Labute approximate surface area is 208 Å². The first kappa shape index (κ1) is 25.5. The summed E-state index contributed by atoms with van der Waals surface area (Å²) < 4.78 is 5.52. The zero-order valence-corrected chi connectivity index (χ0v) is 19.8. The van der Waals surface area contributed by atoms with E-state index in [0.29, 0.717) is 16.3 Å². The van der Waals surface area contributed by atoms with Gasteiger partial charge in [-0.2, -0.15) is 5.10 Å². The van der Waals surface area contributed by atoms with E-state index in [0.717, 1.165) is 11.1 Å². The van der Waals surface area contributed by atoms with Crippen molar-refractivity contribution in [3.8, 4) is 5.75 Å². The van der Waals surface area contributed by atoms with Crippen LogP contribution in [0.15, 0.2) is 84.0 Å². The summed E-state index contributed by atoms with van der Waals surface area (Å²) in [6, 6.07) is 23.2. The lowest BCUT2D eigenvalue weighted by molar-refractivity contribution is -0.139. The number of halogens is 1. The molecule has 0 aromatic heterocycles. The largest absolute Gasteiger partial charge is 0.484 e. The van der Waals surface area contributed by atoms with Crippen molar-refractivity contribution in [3.05, 3.63) is 101 Å². The summed E-state index contributed by atoms with van der Waals surface area (Å²) >= 11 is 5.81. The Morgan fingerprint density at radius 1 is 0.943 bits per heavy atom. The molecular formula is C26H25ClN4O4. The zero-order valence-electron chi connectivity index (χ0n) is 19.0. The molecule has 3 rings (SSSR count). The highest BCUT2D eigenvalue weighted by molar-refractivity contribution is 6.35. The van der Waals surface area contributed by atoms with E-state index in [1.54, 1.807) is 48.5 Å². The molecule has 0 aliphatic rings. The van der Waals surface area contributed by atoms with Crippen LogP contribution in [0.1, 0.15) is 29.7 Å². The van der Waals surface area contributed by atoms with E-state index in [4.69, 9.17) is 16.3 Å². The minimum atomic E-state index is -0.883. The van der Waals surface area contributed by atoms with Gasteiger partial charge in [-0.3, -0.25) is 14.4 Å². The van der Waals surface area contributed by atoms with Gasteiger partial charge >= 0.3 is 11.8 Å². The van der Waals surface area contributed by atoms with E-state index in [9.17, 15) is 14.4 Å². The van der Waals surface area contributed by atoms with Crippen molar-refractivity contribution >= 4 is 35.5 Å². The van der Waals surface area contributed by atoms with Gasteiger partial charge in [-0.1, -0.05) is 54.1 Å². The lowest BCUT2D eigenvalue weighted by Crippen LogP contribution is -2.37. The van der Waals surface area contributed by atoms with Crippen LogP contribution in [0.5, 0.6) is 5.75 Å². The van der Waals surface area contributed by atoms with Crippen LogP contribution in [0.3, 0.4) is 0 Å². The van der Waals surface area contributed by atoms with Crippen molar-refractivity contribution in [2.45, 2.75) is 19.5 Å². The number of carbonyl (C=O) groups is 3. The van der Waals surface area contributed by atoms with E-state index in [2.05, 4.69) is 21.2 Å². The van der Waals surface area contributed by atoms with Gasteiger partial charge in [-0.25, -0.2) is 5.43 Å². The molecule has 0 radical (unpaired) electrons. The Hall–Kier alpha value is -4.17. The molecule has 3 amide bonds. The van der Waals surface area contributed by atoms with Gasteiger partial charge < -0.3 is 15.4 Å². The molecule has 3 aromatic carbocycles. The van der Waals surface area contributed by atoms with E-state index in [1.165, 1.54) is 6.21 Å². The second kappa shape index (κ2) is 12.9. The maximum absolute atomic E-state index is 12.1. The third-order valence-corrected chi connectivity index (χ3v) is 5.13. The van der Waals surface area contributed by atoms with Crippen molar-refractivity contribution < 1.29 is 19.1 Å². The molecule has 8 nitrogen and oxygen atoms in total. The molecule has 35 heavy (non-hydrogen) atoms. The summed E-state index contributed by atoms with van der Waals surface area (Å²) in [5.41, 5.74) is 4.66. The first-order valence-electron chi connectivity index (χ1n) is 10.8. The van der Waals surface area contributed by atoms with Crippen LogP contribution in [-0.4, -0.2) is 30.5 Å². The standard InChI is InChI=1S/C26H25ClN4O4/c1-18(21-5-3-2-4-6-21)30-24(32)17-35-23-13-9-20(10-14-23)16-29-31-26(34)25(33)28-15-19-7-11-22(27)12-8-19/h2-14,16,18H,15,17H2,1H3,(H,28,33)(H,30,32)(H,31,34)/b29-16-/t18-/m1/s1. The fraction of sp³-hybridized carbons (Fsp3) is 0.154. The van der Waals surface area contributed by atoms with Gasteiger partial charge in [0.2, 0.25) is 0 Å². The summed E-state index contributed by atoms with van der Waals surface area (Å²) in [7, 11) is 0. The number of hydrazone groups is 1. The van der Waals surface area contributed by atoms with Crippen molar-refractivity contribution in [2.75, 3.05) is 6.61 Å². The minimum Gasteiger partial charge on any atom is -0.484 e. The van der Waals surface area contributed by atoms with Gasteiger partial charge in [-0.15, -0.1) is 0 Å². The first-order valence-corrected chi connectivity index (χ1v) is 11.2. The Morgan fingerprint density at radius 3 is 2.31 bits per heavy atom. The Kier molecular flexibility index (Phi) is 9.39. The van der Waals surface area contributed by atoms with Gasteiger partial charge in [0, 0.05) is 11.6 Å². The predicted molar refractivity (Wildman–Crippen MR) is 134 cm³/mol. The van der Waals surface area contributed by atoms with Crippen molar-refractivity contribution in [1.29, 1.82) is 0 Å². The number of nitrogens with zero attached hydrogens (tertiary/aromatic N) is 1. The van der Waals surface area contributed by atoms with Crippen LogP contribution in [0.25, 0.3) is 0 Å². The molecule has 0 aliphatic heterocycles. The highest BCUT2D eigenvalue weighted by atomic mass is 35.5. The van der Waals surface area contributed by atoms with Crippen LogP contribution in [0.4, 0.5) is 0 Å². The van der Waals surface area contributed by atoms with Gasteiger partial charge in [0.05, 0.1) is 12.3 Å². The lowest BCUT2D eigenvalue weighted by atomic mass is 10.1. The molecule has 3 N–H and O–H groups in total. The summed E-state index contributed by atoms with van der Waals surface area (Å²) in [4.78, 5) is 35.9. The topological polar surface area (TPSA) is 109 Å². The maximum Gasteiger partial charge on any atom is 0.329 e. The van der Waals surface area contributed by atoms with Gasteiger partial charge in [-0.05, 0) is 60.0 Å². The normalized spacial score (nSPS) is 11.5. The van der Waals surface area contributed by atoms with Gasteiger partial charge in [0.1, 0.15) is 5.75 Å². The molecule has 0 heterocycles. The van der Waals surface area contributed by atoms with Crippen molar-refractivity contribution in [2.24, 2.45) is 5.10 Å². The van der Waals surface area contributed by atoms with Gasteiger partial charge in [0.25, 0.3) is 5.91 Å². The predicted octanol–water partition coefficient (Wildman–Crippen LogP) is 3.36. The lowest BCUT2D eigenvalue weighted by Gasteiger charge is -2.14. The second-order valence-electron chi connectivity index (χ2n) is 7.57. The number of rotatable bonds is 9. The Balaban J connectivity index is 1.38. The molecule has 0 unspecified atom stereocenters. The van der Waals surface area contributed by atoms with E-state index in [-0.39, 0.29) is 25.1 Å². The highest BCUT2D eigenvalue weighted by Gasteiger charge is 2.12. The monoisotopic (exact) mass is 492 g/mol. The molecule has 9 heteroatoms. The number of nitrogens with one attached hydrogen (secondary N) is 3. The van der Waals surface area contributed by atoms with E-state index in [1.807, 2.05) is 37.3 Å². The molecule has 0 saturated carbocycles. The fourth-order valence-electron chi connectivity index (χ4n) is 2.99. The van der Waals surface area contributed by atoms with Crippen LogP contribution < -0.4 is 20.8 Å². The number of hydrogen-bond donors (Lipinski definition) is 3.